The first kappa shape index (κ1) is 13.9. The number of aromatic nitrogens is 3. The van der Waals surface area contributed by atoms with E-state index in [1.165, 1.54) is 0 Å². The summed E-state index contributed by atoms with van der Waals surface area (Å²) in [5, 5.41) is 6.14. The molecule has 0 radical (unpaired) electrons. The lowest BCUT2D eigenvalue weighted by Crippen LogP contribution is -2.15. The summed E-state index contributed by atoms with van der Waals surface area (Å²) in [6, 6.07) is 0.234. The Kier molecular flexibility index (Phi) is 5.93. The van der Waals surface area contributed by atoms with Gasteiger partial charge in [-0.15, -0.1) is 0 Å². The molecule has 2 N–H and O–H groups in total. The lowest BCUT2D eigenvalue weighted by atomic mass is 10.4. The summed E-state index contributed by atoms with van der Waals surface area (Å²) < 4.78 is 5.27. The van der Waals surface area contributed by atoms with E-state index in [0.29, 0.717) is 25.2 Å². The SMILES string of the molecule is CCCOCNc1nc(Cl)nc(NC(C)C)n1. The highest BCUT2D eigenvalue weighted by atomic mass is 35.5. The van der Waals surface area contributed by atoms with Crippen LogP contribution in [-0.4, -0.2) is 34.3 Å². The van der Waals surface area contributed by atoms with Crippen LogP contribution in [0.3, 0.4) is 0 Å². The number of halogens is 1. The van der Waals surface area contributed by atoms with Crippen LogP contribution in [0.1, 0.15) is 27.2 Å². The van der Waals surface area contributed by atoms with E-state index < -0.39 is 0 Å². The van der Waals surface area contributed by atoms with E-state index in [9.17, 15) is 0 Å². The van der Waals surface area contributed by atoms with Crippen LogP contribution in [0.2, 0.25) is 5.28 Å². The Morgan fingerprint density at radius 3 is 2.59 bits per heavy atom. The zero-order chi connectivity index (χ0) is 12.7. The first-order valence-electron chi connectivity index (χ1n) is 5.61. The largest absolute Gasteiger partial charge is 0.361 e. The van der Waals surface area contributed by atoms with E-state index in [1.54, 1.807) is 0 Å². The molecule has 1 heterocycles. The van der Waals surface area contributed by atoms with Gasteiger partial charge < -0.3 is 15.4 Å². The molecule has 0 saturated carbocycles. The highest BCUT2D eigenvalue weighted by molar-refractivity contribution is 6.28. The smallest absolute Gasteiger partial charge is 0.230 e. The molecule has 0 aliphatic carbocycles. The van der Waals surface area contributed by atoms with Crippen LogP contribution in [0.15, 0.2) is 0 Å². The third-order valence-electron chi connectivity index (χ3n) is 1.71. The standard InChI is InChI=1S/C10H18ClN5O/c1-4-5-17-6-12-9-14-8(11)15-10(16-9)13-7(2)3/h7H,4-6H2,1-3H3,(H2,12,13,14,15,16). The van der Waals surface area contributed by atoms with Crippen molar-refractivity contribution in [2.45, 2.75) is 33.2 Å². The van der Waals surface area contributed by atoms with Crippen LogP contribution >= 0.6 is 11.6 Å². The minimum Gasteiger partial charge on any atom is -0.361 e. The maximum absolute atomic E-state index is 5.79. The summed E-state index contributed by atoms with van der Waals surface area (Å²) in [6.07, 6.45) is 0.972. The molecule has 0 aromatic carbocycles. The fourth-order valence-corrected chi connectivity index (χ4v) is 1.24. The van der Waals surface area contributed by atoms with Crippen LogP contribution < -0.4 is 10.6 Å². The molecule has 1 aromatic heterocycles. The summed E-state index contributed by atoms with van der Waals surface area (Å²) in [5.74, 6) is 0.863. The van der Waals surface area contributed by atoms with E-state index in [1.807, 2.05) is 20.8 Å². The Hall–Kier alpha value is -1.14. The maximum atomic E-state index is 5.79. The van der Waals surface area contributed by atoms with Gasteiger partial charge in [-0.2, -0.15) is 15.0 Å². The van der Waals surface area contributed by atoms with E-state index in [-0.39, 0.29) is 11.3 Å². The summed E-state index contributed by atoms with van der Waals surface area (Å²) in [7, 11) is 0. The van der Waals surface area contributed by atoms with Gasteiger partial charge in [0.2, 0.25) is 17.2 Å². The molecule has 1 rings (SSSR count). The number of hydrogen-bond acceptors (Lipinski definition) is 6. The maximum Gasteiger partial charge on any atom is 0.230 e. The Bertz CT molecular complexity index is 347. The fraction of sp³-hybridized carbons (Fsp3) is 0.700. The van der Waals surface area contributed by atoms with Crippen molar-refractivity contribution in [1.29, 1.82) is 0 Å². The monoisotopic (exact) mass is 259 g/mol. The van der Waals surface area contributed by atoms with Crippen LogP contribution in [0.4, 0.5) is 11.9 Å². The lowest BCUT2D eigenvalue weighted by molar-refractivity contribution is 0.152. The Balaban J connectivity index is 2.56. The van der Waals surface area contributed by atoms with Gasteiger partial charge in [0.25, 0.3) is 0 Å². The third-order valence-corrected chi connectivity index (χ3v) is 1.88. The molecule has 0 spiro atoms. The van der Waals surface area contributed by atoms with Gasteiger partial charge in [-0.3, -0.25) is 0 Å². The normalized spacial score (nSPS) is 10.6. The number of hydrogen-bond donors (Lipinski definition) is 2. The third kappa shape index (κ3) is 5.65. The van der Waals surface area contributed by atoms with E-state index >= 15 is 0 Å². The molecule has 6 nitrogen and oxygen atoms in total. The minimum absolute atomic E-state index is 0.154. The predicted octanol–water partition coefficient (Wildman–Crippen LogP) is 2.14. The van der Waals surface area contributed by atoms with Crippen molar-refractivity contribution >= 4 is 23.5 Å². The predicted molar refractivity (Wildman–Crippen MR) is 68.3 cm³/mol. The molecule has 96 valence electrons. The highest BCUT2D eigenvalue weighted by Crippen LogP contribution is 2.10. The van der Waals surface area contributed by atoms with Crippen LogP contribution in [0.5, 0.6) is 0 Å². The second-order valence-electron chi connectivity index (χ2n) is 3.78. The minimum atomic E-state index is 0.154. The van der Waals surface area contributed by atoms with Gasteiger partial charge in [-0.1, -0.05) is 6.92 Å². The van der Waals surface area contributed by atoms with E-state index in [2.05, 4.69) is 25.6 Å². The van der Waals surface area contributed by atoms with Crippen molar-refractivity contribution in [2.24, 2.45) is 0 Å². The molecule has 0 aliphatic rings. The lowest BCUT2D eigenvalue weighted by Gasteiger charge is -2.10. The molecule has 0 fully saturated rings. The molecule has 7 heteroatoms. The van der Waals surface area contributed by atoms with Crippen LogP contribution in [0.25, 0.3) is 0 Å². The second kappa shape index (κ2) is 7.24. The zero-order valence-corrected chi connectivity index (χ0v) is 11.1. The van der Waals surface area contributed by atoms with Gasteiger partial charge in [-0.05, 0) is 31.9 Å². The summed E-state index contributed by atoms with van der Waals surface area (Å²) in [6.45, 7) is 7.09. The van der Waals surface area contributed by atoms with Crippen molar-refractivity contribution < 1.29 is 4.74 Å². The highest BCUT2D eigenvalue weighted by Gasteiger charge is 2.05. The first-order valence-corrected chi connectivity index (χ1v) is 5.99. The molecule has 0 bridgehead atoms. The zero-order valence-electron chi connectivity index (χ0n) is 10.3. The Morgan fingerprint density at radius 2 is 1.94 bits per heavy atom. The van der Waals surface area contributed by atoms with Crippen molar-refractivity contribution in [1.82, 2.24) is 15.0 Å². The second-order valence-corrected chi connectivity index (χ2v) is 4.12. The number of ether oxygens (including phenoxy) is 1. The number of anilines is 2. The summed E-state index contributed by atoms with van der Waals surface area (Å²) >= 11 is 5.79. The number of nitrogens with one attached hydrogen (secondary N) is 2. The first-order chi connectivity index (χ1) is 8.11. The molecule has 0 amide bonds. The Labute approximate surface area is 106 Å². The average Bonchev–Trinajstić information content (AvgIpc) is 2.22. The van der Waals surface area contributed by atoms with E-state index in [0.717, 1.165) is 6.42 Å². The molecule has 1 aromatic rings. The van der Waals surface area contributed by atoms with Gasteiger partial charge in [-0.25, -0.2) is 0 Å². The molecule has 17 heavy (non-hydrogen) atoms. The van der Waals surface area contributed by atoms with Crippen LogP contribution in [0, 0.1) is 0 Å². The quantitative estimate of drug-likeness (QED) is 0.577. The number of rotatable bonds is 7. The topological polar surface area (TPSA) is 72.0 Å². The van der Waals surface area contributed by atoms with Crippen LogP contribution in [-0.2, 0) is 4.74 Å². The van der Waals surface area contributed by atoms with Crippen molar-refractivity contribution in [3.8, 4) is 0 Å². The summed E-state index contributed by atoms with van der Waals surface area (Å²) in [5.41, 5.74) is 0. The van der Waals surface area contributed by atoms with Gasteiger partial charge in [0.1, 0.15) is 6.73 Å². The van der Waals surface area contributed by atoms with E-state index in [4.69, 9.17) is 16.3 Å². The fourth-order valence-electron chi connectivity index (χ4n) is 1.08. The average molecular weight is 260 g/mol. The van der Waals surface area contributed by atoms with Gasteiger partial charge in [0.05, 0.1) is 0 Å². The van der Waals surface area contributed by atoms with Gasteiger partial charge in [0, 0.05) is 12.6 Å². The molecule has 0 atom stereocenters. The number of nitrogens with zero attached hydrogens (tertiary/aromatic N) is 3. The van der Waals surface area contributed by atoms with Crippen molar-refractivity contribution in [3.05, 3.63) is 5.28 Å². The summed E-state index contributed by atoms with van der Waals surface area (Å²) in [4.78, 5) is 12.1. The Morgan fingerprint density at radius 1 is 1.24 bits per heavy atom. The van der Waals surface area contributed by atoms with Gasteiger partial charge >= 0.3 is 0 Å². The molecular formula is C10H18ClN5O. The molecular weight excluding hydrogens is 242 g/mol. The molecule has 0 saturated heterocycles. The molecule has 0 unspecified atom stereocenters. The van der Waals surface area contributed by atoms with Crippen molar-refractivity contribution in [3.63, 3.8) is 0 Å². The molecule has 0 aliphatic heterocycles. The van der Waals surface area contributed by atoms with Crippen molar-refractivity contribution in [2.75, 3.05) is 24.0 Å². The van der Waals surface area contributed by atoms with Gasteiger partial charge in [0.15, 0.2) is 0 Å².